The normalized spacial score (nSPS) is 13.6. The Morgan fingerprint density at radius 1 is 1.33 bits per heavy atom. The van der Waals surface area contributed by atoms with Crippen LogP contribution in [-0.2, 0) is 4.74 Å². The molecule has 2 rings (SSSR count). The van der Waals surface area contributed by atoms with Gasteiger partial charge in [0.1, 0.15) is 6.10 Å². The Balaban J connectivity index is 2.19. The lowest BCUT2D eigenvalue weighted by atomic mass is 10.1. The monoisotopic (exact) mass is 285 g/mol. The molecule has 2 aromatic rings. The summed E-state index contributed by atoms with van der Waals surface area (Å²) in [7, 11) is 0. The maximum Gasteiger partial charge on any atom is 0.229 e. The molecule has 5 nitrogen and oxygen atoms in total. The van der Waals surface area contributed by atoms with E-state index < -0.39 is 0 Å². The molecule has 0 saturated heterocycles. The summed E-state index contributed by atoms with van der Waals surface area (Å²) in [5, 5.41) is 12.7. The standard InChI is InChI=1S/C16H19N3O2/c1-3-20-14(13-9-5-4-6-10-13)15-18-16(21-19-15)12(2)8-7-11-17/h4-6,9-10,12,14H,3,7-8H2,1-2H3. The zero-order valence-corrected chi connectivity index (χ0v) is 12.3. The summed E-state index contributed by atoms with van der Waals surface area (Å²) in [5.41, 5.74) is 0.997. The van der Waals surface area contributed by atoms with Gasteiger partial charge in [0.15, 0.2) is 0 Å². The van der Waals surface area contributed by atoms with Crippen molar-refractivity contribution in [1.82, 2.24) is 10.1 Å². The summed E-state index contributed by atoms with van der Waals surface area (Å²) in [6, 6.07) is 12.0. The zero-order chi connectivity index (χ0) is 15.1. The van der Waals surface area contributed by atoms with Crippen LogP contribution in [0, 0.1) is 11.3 Å². The smallest absolute Gasteiger partial charge is 0.229 e. The molecule has 0 amide bonds. The molecule has 2 atom stereocenters. The Bertz CT molecular complexity index is 589. The van der Waals surface area contributed by atoms with E-state index in [9.17, 15) is 0 Å². The maximum atomic E-state index is 8.64. The highest BCUT2D eigenvalue weighted by Crippen LogP contribution is 2.26. The van der Waals surface area contributed by atoms with Crippen molar-refractivity contribution in [3.05, 3.63) is 47.6 Å². The second kappa shape index (κ2) is 7.55. The maximum absolute atomic E-state index is 8.64. The molecule has 0 saturated carbocycles. The van der Waals surface area contributed by atoms with Crippen molar-refractivity contribution in [2.24, 2.45) is 0 Å². The van der Waals surface area contributed by atoms with Crippen LogP contribution in [0.25, 0.3) is 0 Å². The minimum atomic E-state index is -0.322. The van der Waals surface area contributed by atoms with E-state index in [0.717, 1.165) is 5.56 Å². The van der Waals surface area contributed by atoms with Gasteiger partial charge in [-0.25, -0.2) is 0 Å². The third-order valence-corrected chi connectivity index (χ3v) is 3.24. The number of rotatable bonds is 7. The third kappa shape index (κ3) is 3.89. The average molecular weight is 285 g/mol. The highest BCUT2D eigenvalue weighted by molar-refractivity contribution is 5.22. The van der Waals surface area contributed by atoms with Crippen LogP contribution in [0.5, 0.6) is 0 Å². The largest absolute Gasteiger partial charge is 0.366 e. The van der Waals surface area contributed by atoms with Gasteiger partial charge in [-0.15, -0.1) is 0 Å². The highest BCUT2D eigenvalue weighted by Gasteiger charge is 2.22. The predicted octanol–water partition coefficient (Wildman–Crippen LogP) is 3.60. The first kappa shape index (κ1) is 15.2. The van der Waals surface area contributed by atoms with Crippen molar-refractivity contribution in [2.75, 3.05) is 6.61 Å². The van der Waals surface area contributed by atoms with Crippen LogP contribution in [0.4, 0.5) is 0 Å². The highest BCUT2D eigenvalue weighted by atomic mass is 16.5. The molecule has 0 aliphatic carbocycles. The Morgan fingerprint density at radius 3 is 2.76 bits per heavy atom. The fourth-order valence-electron chi connectivity index (χ4n) is 2.07. The van der Waals surface area contributed by atoms with Gasteiger partial charge in [0.2, 0.25) is 11.7 Å². The van der Waals surface area contributed by atoms with Crippen molar-refractivity contribution < 1.29 is 9.26 Å². The van der Waals surface area contributed by atoms with Crippen LogP contribution >= 0.6 is 0 Å². The van der Waals surface area contributed by atoms with Crippen molar-refractivity contribution in [3.8, 4) is 6.07 Å². The summed E-state index contributed by atoms with van der Waals surface area (Å²) >= 11 is 0. The number of hydrogen-bond acceptors (Lipinski definition) is 5. The first-order chi connectivity index (χ1) is 10.3. The first-order valence-electron chi connectivity index (χ1n) is 7.13. The molecule has 2 unspecified atom stereocenters. The van der Waals surface area contributed by atoms with Gasteiger partial charge in [-0.3, -0.25) is 0 Å². The van der Waals surface area contributed by atoms with E-state index in [1.165, 1.54) is 0 Å². The van der Waals surface area contributed by atoms with Gasteiger partial charge in [-0.1, -0.05) is 42.4 Å². The van der Waals surface area contributed by atoms with E-state index in [-0.39, 0.29) is 12.0 Å². The van der Waals surface area contributed by atoms with Crippen molar-refractivity contribution >= 4 is 0 Å². The van der Waals surface area contributed by atoms with Gasteiger partial charge in [0.25, 0.3) is 0 Å². The third-order valence-electron chi connectivity index (χ3n) is 3.24. The molecule has 0 radical (unpaired) electrons. The summed E-state index contributed by atoms with van der Waals surface area (Å²) in [4.78, 5) is 4.45. The topological polar surface area (TPSA) is 71.9 Å². The number of ether oxygens (including phenoxy) is 1. The molecule has 0 aliphatic heterocycles. The molecule has 0 bridgehead atoms. The molecule has 0 N–H and O–H groups in total. The second-order valence-electron chi connectivity index (χ2n) is 4.83. The molecular formula is C16H19N3O2. The summed E-state index contributed by atoms with van der Waals surface area (Å²) in [6.07, 6.45) is 0.867. The van der Waals surface area contributed by atoms with E-state index >= 15 is 0 Å². The van der Waals surface area contributed by atoms with E-state index in [2.05, 4.69) is 16.2 Å². The molecule has 0 spiro atoms. The van der Waals surface area contributed by atoms with Gasteiger partial charge in [0, 0.05) is 18.9 Å². The number of nitrogens with zero attached hydrogens (tertiary/aromatic N) is 3. The molecule has 110 valence electrons. The van der Waals surface area contributed by atoms with Gasteiger partial charge in [0.05, 0.1) is 6.07 Å². The lowest BCUT2D eigenvalue weighted by Gasteiger charge is -2.13. The lowest BCUT2D eigenvalue weighted by Crippen LogP contribution is -2.08. The molecule has 1 aromatic heterocycles. The molecule has 5 heteroatoms. The van der Waals surface area contributed by atoms with Crippen LogP contribution in [0.2, 0.25) is 0 Å². The van der Waals surface area contributed by atoms with E-state index in [1.54, 1.807) is 0 Å². The molecule has 21 heavy (non-hydrogen) atoms. The fourth-order valence-corrected chi connectivity index (χ4v) is 2.07. The van der Waals surface area contributed by atoms with Gasteiger partial charge >= 0.3 is 0 Å². The van der Waals surface area contributed by atoms with Crippen molar-refractivity contribution in [2.45, 2.75) is 38.7 Å². The molecule has 0 aliphatic rings. The Hall–Kier alpha value is -2.19. The predicted molar refractivity (Wildman–Crippen MR) is 77.5 cm³/mol. The number of nitriles is 1. The summed E-state index contributed by atoms with van der Waals surface area (Å²) in [6.45, 7) is 4.48. The minimum absolute atomic E-state index is 0.0731. The quantitative estimate of drug-likeness (QED) is 0.777. The van der Waals surface area contributed by atoms with Crippen LogP contribution in [-0.4, -0.2) is 16.7 Å². The minimum Gasteiger partial charge on any atom is -0.366 e. The molecule has 1 heterocycles. The number of benzene rings is 1. The summed E-state index contributed by atoms with van der Waals surface area (Å²) in [5.74, 6) is 1.16. The average Bonchev–Trinajstić information content (AvgIpc) is 3.00. The van der Waals surface area contributed by atoms with Crippen LogP contribution < -0.4 is 0 Å². The number of aromatic nitrogens is 2. The van der Waals surface area contributed by atoms with E-state index in [1.807, 2.05) is 44.2 Å². The second-order valence-corrected chi connectivity index (χ2v) is 4.83. The van der Waals surface area contributed by atoms with Crippen molar-refractivity contribution in [1.29, 1.82) is 5.26 Å². The Labute approximate surface area is 124 Å². The van der Waals surface area contributed by atoms with Crippen LogP contribution in [0.15, 0.2) is 34.9 Å². The first-order valence-corrected chi connectivity index (χ1v) is 7.13. The molecular weight excluding hydrogens is 266 g/mol. The Kier molecular flexibility index (Phi) is 5.47. The van der Waals surface area contributed by atoms with E-state index in [0.29, 0.717) is 31.2 Å². The molecule has 0 fully saturated rings. The fraction of sp³-hybridized carbons (Fsp3) is 0.438. The molecule has 1 aromatic carbocycles. The van der Waals surface area contributed by atoms with Gasteiger partial charge in [-0.2, -0.15) is 10.2 Å². The van der Waals surface area contributed by atoms with Crippen LogP contribution in [0.1, 0.15) is 56.0 Å². The zero-order valence-electron chi connectivity index (χ0n) is 12.3. The SMILES string of the molecule is CCOC(c1ccccc1)c1noc(C(C)CCC#N)n1. The number of hydrogen-bond donors (Lipinski definition) is 0. The van der Waals surface area contributed by atoms with Gasteiger partial charge in [-0.05, 0) is 18.9 Å². The lowest BCUT2D eigenvalue weighted by molar-refractivity contribution is 0.0833. The summed E-state index contributed by atoms with van der Waals surface area (Å²) < 4.78 is 11.1. The van der Waals surface area contributed by atoms with Crippen molar-refractivity contribution in [3.63, 3.8) is 0 Å². The van der Waals surface area contributed by atoms with Crippen LogP contribution in [0.3, 0.4) is 0 Å². The Morgan fingerprint density at radius 2 is 2.10 bits per heavy atom. The van der Waals surface area contributed by atoms with Gasteiger partial charge < -0.3 is 9.26 Å². The van der Waals surface area contributed by atoms with E-state index in [4.69, 9.17) is 14.5 Å².